The van der Waals surface area contributed by atoms with Crippen LogP contribution in [0.4, 0.5) is 0 Å². The Morgan fingerprint density at radius 3 is 2.52 bits per heavy atom. The fourth-order valence-electron chi connectivity index (χ4n) is 2.87. The van der Waals surface area contributed by atoms with Gasteiger partial charge in [0.15, 0.2) is 0 Å². The number of nitrogens with zero attached hydrogens (tertiary/aromatic N) is 1. The van der Waals surface area contributed by atoms with Gasteiger partial charge in [-0.15, -0.1) is 11.3 Å². The summed E-state index contributed by atoms with van der Waals surface area (Å²) in [6.45, 7) is 1.76. The molecule has 2 amide bonds. The molecule has 21 heavy (non-hydrogen) atoms. The average Bonchev–Trinajstić information content (AvgIpc) is 2.88. The number of amides is 2. The predicted octanol–water partition coefficient (Wildman–Crippen LogP) is 3.05. The quantitative estimate of drug-likeness (QED) is 0.869. The van der Waals surface area contributed by atoms with Crippen molar-refractivity contribution < 1.29 is 9.59 Å². The van der Waals surface area contributed by atoms with E-state index >= 15 is 0 Å². The van der Waals surface area contributed by atoms with E-state index in [9.17, 15) is 9.59 Å². The second-order valence-electron chi connectivity index (χ2n) is 5.77. The standard InChI is InChI=1S/C16H24N2O2S/c1-12(17-15(19)14-10-7-11-21-14)16(20)18(2)13-8-5-3-4-6-9-13/h7,10-13H,3-6,8-9H2,1-2H3,(H,17,19). The molecule has 0 saturated heterocycles. The molecule has 1 aromatic rings. The largest absolute Gasteiger partial charge is 0.341 e. The molecular weight excluding hydrogens is 284 g/mol. The Kier molecular flexibility index (Phi) is 5.79. The van der Waals surface area contributed by atoms with Gasteiger partial charge in [-0.05, 0) is 31.2 Å². The molecule has 1 N–H and O–H groups in total. The van der Waals surface area contributed by atoms with Gasteiger partial charge < -0.3 is 10.2 Å². The van der Waals surface area contributed by atoms with Crippen LogP contribution in [0, 0.1) is 0 Å². The Hall–Kier alpha value is -1.36. The second-order valence-corrected chi connectivity index (χ2v) is 6.71. The molecule has 0 aliphatic heterocycles. The maximum atomic E-state index is 12.5. The maximum absolute atomic E-state index is 12.5. The molecule has 5 heteroatoms. The van der Waals surface area contributed by atoms with Crippen molar-refractivity contribution in [1.82, 2.24) is 10.2 Å². The first-order valence-electron chi connectivity index (χ1n) is 7.70. The fraction of sp³-hybridized carbons (Fsp3) is 0.625. The Labute approximate surface area is 130 Å². The molecule has 1 aromatic heterocycles. The van der Waals surface area contributed by atoms with E-state index in [0.29, 0.717) is 10.9 Å². The molecular formula is C16H24N2O2S. The number of carbonyl (C=O) groups excluding carboxylic acids is 2. The third-order valence-corrected chi connectivity index (χ3v) is 5.05. The van der Waals surface area contributed by atoms with Crippen molar-refractivity contribution in [2.75, 3.05) is 7.05 Å². The highest BCUT2D eigenvalue weighted by Gasteiger charge is 2.26. The molecule has 1 saturated carbocycles. The lowest BCUT2D eigenvalue weighted by molar-refractivity contribution is -0.133. The summed E-state index contributed by atoms with van der Waals surface area (Å²) < 4.78 is 0. The number of carbonyl (C=O) groups is 2. The monoisotopic (exact) mass is 308 g/mol. The Morgan fingerprint density at radius 2 is 1.95 bits per heavy atom. The second kappa shape index (κ2) is 7.59. The lowest BCUT2D eigenvalue weighted by Crippen LogP contribution is -2.48. The fourth-order valence-corrected chi connectivity index (χ4v) is 3.49. The van der Waals surface area contributed by atoms with Crippen LogP contribution in [0.5, 0.6) is 0 Å². The number of thiophene rings is 1. The summed E-state index contributed by atoms with van der Waals surface area (Å²) in [4.78, 5) is 27.0. The molecule has 1 unspecified atom stereocenters. The van der Waals surface area contributed by atoms with Crippen molar-refractivity contribution in [3.63, 3.8) is 0 Å². The molecule has 0 spiro atoms. The first kappa shape index (κ1) is 16.0. The van der Waals surface area contributed by atoms with E-state index in [1.54, 1.807) is 13.0 Å². The van der Waals surface area contributed by atoms with Crippen LogP contribution in [0.3, 0.4) is 0 Å². The van der Waals surface area contributed by atoms with Gasteiger partial charge in [0.25, 0.3) is 5.91 Å². The van der Waals surface area contributed by atoms with E-state index in [2.05, 4.69) is 5.32 Å². The zero-order chi connectivity index (χ0) is 15.2. The number of rotatable bonds is 4. The molecule has 1 fully saturated rings. The van der Waals surface area contributed by atoms with Gasteiger partial charge in [-0.3, -0.25) is 9.59 Å². The predicted molar refractivity (Wildman–Crippen MR) is 85.5 cm³/mol. The first-order chi connectivity index (χ1) is 10.1. The van der Waals surface area contributed by atoms with Gasteiger partial charge in [-0.2, -0.15) is 0 Å². The van der Waals surface area contributed by atoms with Gasteiger partial charge >= 0.3 is 0 Å². The summed E-state index contributed by atoms with van der Waals surface area (Å²) in [6.07, 6.45) is 7.07. The summed E-state index contributed by atoms with van der Waals surface area (Å²) in [6, 6.07) is 3.45. The Morgan fingerprint density at radius 1 is 1.29 bits per heavy atom. The lowest BCUT2D eigenvalue weighted by Gasteiger charge is -2.29. The summed E-state index contributed by atoms with van der Waals surface area (Å²) in [7, 11) is 1.87. The molecule has 0 radical (unpaired) electrons. The zero-order valence-corrected chi connectivity index (χ0v) is 13.6. The van der Waals surface area contributed by atoms with E-state index in [1.165, 1.54) is 37.0 Å². The molecule has 1 atom stereocenters. The van der Waals surface area contributed by atoms with Gasteiger partial charge in [-0.1, -0.05) is 31.7 Å². The van der Waals surface area contributed by atoms with Crippen LogP contribution in [0.15, 0.2) is 17.5 Å². The molecule has 1 aliphatic carbocycles. The van der Waals surface area contributed by atoms with Crippen molar-refractivity contribution in [3.05, 3.63) is 22.4 Å². The molecule has 0 bridgehead atoms. The summed E-state index contributed by atoms with van der Waals surface area (Å²) >= 11 is 1.39. The van der Waals surface area contributed by atoms with E-state index in [1.807, 2.05) is 23.4 Å². The molecule has 2 rings (SSSR count). The average molecular weight is 308 g/mol. The summed E-state index contributed by atoms with van der Waals surface area (Å²) in [5.74, 6) is -0.160. The van der Waals surface area contributed by atoms with Crippen molar-refractivity contribution in [2.45, 2.75) is 57.5 Å². The minimum absolute atomic E-state index is 0.00630. The number of likely N-dealkylation sites (N-methyl/N-ethyl adjacent to an activating group) is 1. The van der Waals surface area contributed by atoms with Crippen LogP contribution < -0.4 is 5.32 Å². The lowest BCUT2D eigenvalue weighted by atomic mass is 10.1. The molecule has 116 valence electrons. The third kappa shape index (κ3) is 4.30. The SMILES string of the molecule is CC(NC(=O)c1cccs1)C(=O)N(C)C1CCCCCC1. The van der Waals surface area contributed by atoms with E-state index in [0.717, 1.165) is 12.8 Å². The van der Waals surface area contributed by atoms with E-state index < -0.39 is 6.04 Å². The maximum Gasteiger partial charge on any atom is 0.261 e. The highest BCUT2D eigenvalue weighted by Crippen LogP contribution is 2.21. The van der Waals surface area contributed by atoms with Crippen molar-refractivity contribution >= 4 is 23.2 Å². The van der Waals surface area contributed by atoms with Crippen molar-refractivity contribution in [2.24, 2.45) is 0 Å². The van der Waals surface area contributed by atoms with Gasteiger partial charge in [0.1, 0.15) is 6.04 Å². The third-order valence-electron chi connectivity index (χ3n) is 4.18. The number of hydrogen-bond donors (Lipinski definition) is 1. The van der Waals surface area contributed by atoms with Crippen LogP contribution in [-0.4, -0.2) is 35.8 Å². The van der Waals surface area contributed by atoms with Gasteiger partial charge in [-0.25, -0.2) is 0 Å². The van der Waals surface area contributed by atoms with Crippen LogP contribution in [-0.2, 0) is 4.79 Å². The van der Waals surface area contributed by atoms with Crippen molar-refractivity contribution in [1.29, 1.82) is 0 Å². The Bertz CT molecular complexity index is 465. The summed E-state index contributed by atoms with van der Waals surface area (Å²) in [5, 5.41) is 4.66. The topological polar surface area (TPSA) is 49.4 Å². The van der Waals surface area contributed by atoms with Gasteiger partial charge in [0.2, 0.25) is 5.91 Å². The number of nitrogens with one attached hydrogen (secondary N) is 1. The summed E-state index contributed by atoms with van der Waals surface area (Å²) in [5.41, 5.74) is 0. The Balaban J connectivity index is 1.90. The van der Waals surface area contributed by atoms with Crippen LogP contribution >= 0.6 is 11.3 Å². The zero-order valence-electron chi connectivity index (χ0n) is 12.8. The highest BCUT2D eigenvalue weighted by molar-refractivity contribution is 7.12. The highest BCUT2D eigenvalue weighted by atomic mass is 32.1. The molecule has 4 nitrogen and oxygen atoms in total. The molecule has 1 aliphatic rings. The number of hydrogen-bond acceptors (Lipinski definition) is 3. The molecule has 0 aromatic carbocycles. The van der Waals surface area contributed by atoms with Crippen LogP contribution in [0.25, 0.3) is 0 Å². The van der Waals surface area contributed by atoms with Crippen molar-refractivity contribution in [3.8, 4) is 0 Å². The van der Waals surface area contributed by atoms with E-state index in [4.69, 9.17) is 0 Å². The molecule has 1 heterocycles. The van der Waals surface area contributed by atoms with E-state index in [-0.39, 0.29) is 11.8 Å². The minimum atomic E-state index is -0.479. The normalized spacial score (nSPS) is 17.8. The smallest absolute Gasteiger partial charge is 0.261 e. The van der Waals surface area contributed by atoms with Crippen LogP contribution in [0.2, 0.25) is 0 Å². The minimum Gasteiger partial charge on any atom is -0.341 e. The van der Waals surface area contributed by atoms with Gasteiger partial charge in [0.05, 0.1) is 4.88 Å². The van der Waals surface area contributed by atoms with Crippen LogP contribution in [0.1, 0.15) is 55.1 Å². The first-order valence-corrected chi connectivity index (χ1v) is 8.58. The van der Waals surface area contributed by atoms with Gasteiger partial charge in [0, 0.05) is 13.1 Å².